The maximum absolute atomic E-state index is 2.33. The maximum Gasteiger partial charge on any atom is 0.0413 e. The van der Waals surface area contributed by atoms with E-state index < -0.39 is 0 Å². The Balaban J connectivity index is 0.000000829. The molecule has 0 aromatic heterocycles. The third-order valence-corrected chi connectivity index (χ3v) is 2.59. The topological polar surface area (TPSA) is 3.24 Å². The zero-order valence-electron chi connectivity index (χ0n) is 13.8. The lowest BCUT2D eigenvalue weighted by Crippen LogP contribution is -2.25. The van der Waals surface area contributed by atoms with Crippen LogP contribution in [-0.4, -0.2) is 6.04 Å². The first-order valence-electron chi connectivity index (χ1n) is 7.68. The van der Waals surface area contributed by atoms with Crippen molar-refractivity contribution < 1.29 is 0 Å². The molecular weight excluding hydrogens is 242 g/mol. The van der Waals surface area contributed by atoms with Crippen LogP contribution in [-0.2, 0) is 0 Å². The predicted octanol–water partition coefficient (Wildman–Crippen LogP) is 6.29. The minimum absolute atomic E-state index is 0.449. The number of rotatable bonds is 3. The number of benzene rings is 2. The van der Waals surface area contributed by atoms with Gasteiger partial charge in [-0.3, -0.25) is 0 Å². The van der Waals surface area contributed by atoms with E-state index in [9.17, 15) is 0 Å². The molecule has 0 amide bonds. The summed E-state index contributed by atoms with van der Waals surface area (Å²) in [6.45, 7) is 12.4. The minimum atomic E-state index is 0.449. The van der Waals surface area contributed by atoms with Crippen molar-refractivity contribution in [3.05, 3.63) is 60.7 Å². The van der Waals surface area contributed by atoms with Crippen molar-refractivity contribution >= 4 is 11.4 Å². The van der Waals surface area contributed by atoms with Crippen molar-refractivity contribution in [2.75, 3.05) is 4.90 Å². The highest BCUT2D eigenvalue weighted by Gasteiger charge is 2.11. The van der Waals surface area contributed by atoms with Gasteiger partial charge in [0, 0.05) is 17.4 Å². The largest absolute Gasteiger partial charge is 0.339 e. The highest BCUT2D eigenvalue weighted by Crippen LogP contribution is 2.26. The maximum atomic E-state index is 2.33. The van der Waals surface area contributed by atoms with Gasteiger partial charge in [0.1, 0.15) is 0 Å². The van der Waals surface area contributed by atoms with Gasteiger partial charge in [0.25, 0.3) is 0 Å². The summed E-state index contributed by atoms with van der Waals surface area (Å²) in [7, 11) is 0. The van der Waals surface area contributed by atoms with E-state index in [1.54, 1.807) is 0 Å². The lowest BCUT2D eigenvalue weighted by molar-refractivity contribution is 0.789. The summed E-state index contributed by atoms with van der Waals surface area (Å²) < 4.78 is 0. The van der Waals surface area contributed by atoms with Gasteiger partial charge in [-0.25, -0.2) is 0 Å². The third kappa shape index (κ3) is 5.48. The van der Waals surface area contributed by atoms with E-state index in [1.165, 1.54) is 11.4 Å². The van der Waals surface area contributed by atoms with Gasteiger partial charge < -0.3 is 4.90 Å². The number of anilines is 2. The fourth-order valence-corrected chi connectivity index (χ4v) is 1.92. The molecule has 0 atom stereocenters. The van der Waals surface area contributed by atoms with Gasteiger partial charge in [-0.1, -0.05) is 64.1 Å². The van der Waals surface area contributed by atoms with Crippen LogP contribution in [0, 0.1) is 0 Å². The molecule has 0 saturated heterocycles. The summed E-state index contributed by atoms with van der Waals surface area (Å²) in [5.41, 5.74) is 2.48. The normalized spacial score (nSPS) is 8.95. The van der Waals surface area contributed by atoms with Gasteiger partial charge in [0.2, 0.25) is 0 Å². The Bertz CT molecular complexity index is 381. The summed E-state index contributed by atoms with van der Waals surface area (Å²) in [5.74, 6) is 0. The van der Waals surface area contributed by atoms with Crippen LogP contribution in [0.25, 0.3) is 0 Å². The summed E-state index contributed by atoms with van der Waals surface area (Å²) in [5, 5.41) is 0. The summed E-state index contributed by atoms with van der Waals surface area (Å²) in [6, 6.07) is 21.4. The molecule has 0 heterocycles. The number of para-hydroxylation sites is 2. The standard InChI is InChI=1S/C15H17N.2C2H6/c1-13(2)16(14-9-5-3-6-10-14)15-11-7-4-8-12-15;2*1-2/h3-13H,1-2H3;2*1-2H3. The zero-order chi connectivity index (χ0) is 15.4. The van der Waals surface area contributed by atoms with Crippen molar-refractivity contribution in [2.24, 2.45) is 0 Å². The van der Waals surface area contributed by atoms with Crippen LogP contribution in [0.15, 0.2) is 60.7 Å². The Labute approximate surface area is 125 Å². The second-order valence-electron chi connectivity index (χ2n) is 4.13. The van der Waals surface area contributed by atoms with E-state index in [-0.39, 0.29) is 0 Å². The van der Waals surface area contributed by atoms with Gasteiger partial charge in [-0.15, -0.1) is 0 Å². The molecule has 1 heteroatoms. The van der Waals surface area contributed by atoms with Crippen molar-refractivity contribution in [1.82, 2.24) is 0 Å². The number of nitrogens with zero attached hydrogens (tertiary/aromatic N) is 1. The van der Waals surface area contributed by atoms with Crippen molar-refractivity contribution in [3.8, 4) is 0 Å². The van der Waals surface area contributed by atoms with Gasteiger partial charge >= 0.3 is 0 Å². The molecule has 20 heavy (non-hydrogen) atoms. The number of hydrogen-bond acceptors (Lipinski definition) is 1. The van der Waals surface area contributed by atoms with Gasteiger partial charge in [-0.05, 0) is 38.1 Å². The Morgan fingerprint density at radius 1 is 0.600 bits per heavy atom. The molecule has 2 rings (SSSR count). The molecule has 2 aromatic carbocycles. The molecule has 0 spiro atoms. The lowest BCUT2D eigenvalue weighted by Gasteiger charge is -2.29. The Morgan fingerprint density at radius 2 is 0.900 bits per heavy atom. The van der Waals surface area contributed by atoms with Crippen LogP contribution >= 0.6 is 0 Å². The molecule has 0 aliphatic carbocycles. The van der Waals surface area contributed by atoms with E-state index in [0.29, 0.717) is 6.04 Å². The second kappa shape index (κ2) is 11.1. The Kier molecular flexibility index (Phi) is 10.1. The first kappa shape index (κ1) is 18.2. The highest BCUT2D eigenvalue weighted by molar-refractivity contribution is 5.63. The predicted molar refractivity (Wildman–Crippen MR) is 92.9 cm³/mol. The van der Waals surface area contributed by atoms with E-state index in [2.05, 4.69) is 67.3 Å². The van der Waals surface area contributed by atoms with Crippen LogP contribution in [0.1, 0.15) is 41.5 Å². The average molecular weight is 271 g/mol. The fourth-order valence-electron chi connectivity index (χ4n) is 1.92. The van der Waals surface area contributed by atoms with Gasteiger partial charge in [0.15, 0.2) is 0 Å². The van der Waals surface area contributed by atoms with Crippen LogP contribution in [0.3, 0.4) is 0 Å². The van der Waals surface area contributed by atoms with Crippen molar-refractivity contribution in [3.63, 3.8) is 0 Å². The van der Waals surface area contributed by atoms with E-state index in [1.807, 2.05) is 39.8 Å². The fraction of sp³-hybridized carbons (Fsp3) is 0.368. The summed E-state index contributed by atoms with van der Waals surface area (Å²) >= 11 is 0. The molecule has 0 N–H and O–H groups in total. The smallest absolute Gasteiger partial charge is 0.0413 e. The zero-order valence-corrected chi connectivity index (χ0v) is 13.8. The molecular formula is C19H29N. The van der Waals surface area contributed by atoms with Crippen LogP contribution < -0.4 is 4.90 Å². The monoisotopic (exact) mass is 271 g/mol. The SMILES string of the molecule is CC.CC.CC(C)N(c1ccccc1)c1ccccc1. The van der Waals surface area contributed by atoms with Crippen LogP contribution in [0.2, 0.25) is 0 Å². The molecule has 0 unspecified atom stereocenters. The molecule has 0 saturated carbocycles. The first-order valence-corrected chi connectivity index (χ1v) is 7.68. The van der Waals surface area contributed by atoms with E-state index >= 15 is 0 Å². The molecule has 0 aliphatic rings. The third-order valence-electron chi connectivity index (χ3n) is 2.59. The van der Waals surface area contributed by atoms with Gasteiger partial charge in [0.05, 0.1) is 0 Å². The summed E-state index contributed by atoms with van der Waals surface area (Å²) in [4.78, 5) is 2.33. The first-order chi connectivity index (χ1) is 9.79. The molecule has 0 fully saturated rings. The van der Waals surface area contributed by atoms with E-state index in [0.717, 1.165) is 0 Å². The molecule has 1 nitrogen and oxygen atoms in total. The Hall–Kier alpha value is -1.76. The molecule has 110 valence electrons. The summed E-state index contributed by atoms with van der Waals surface area (Å²) in [6.07, 6.45) is 0. The van der Waals surface area contributed by atoms with E-state index in [4.69, 9.17) is 0 Å². The average Bonchev–Trinajstić information content (AvgIpc) is 2.53. The lowest BCUT2D eigenvalue weighted by atomic mass is 10.2. The van der Waals surface area contributed by atoms with Gasteiger partial charge in [-0.2, -0.15) is 0 Å². The quantitative estimate of drug-likeness (QED) is 0.634. The van der Waals surface area contributed by atoms with Crippen molar-refractivity contribution in [2.45, 2.75) is 47.6 Å². The minimum Gasteiger partial charge on any atom is -0.339 e. The molecule has 0 aliphatic heterocycles. The number of hydrogen-bond donors (Lipinski definition) is 0. The van der Waals surface area contributed by atoms with Crippen LogP contribution in [0.5, 0.6) is 0 Å². The van der Waals surface area contributed by atoms with Crippen molar-refractivity contribution in [1.29, 1.82) is 0 Å². The molecule has 0 radical (unpaired) electrons. The molecule has 0 bridgehead atoms. The molecule has 2 aromatic rings. The second-order valence-corrected chi connectivity index (χ2v) is 4.13. The Morgan fingerprint density at radius 3 is 1.15 bits per heavy atom. The highest BCUT2D eigenvalue weighted by atomic mass is 15.2. The van der Waals surface area contributed by atoms with Crippen LogP contribution in [0.4, 0.5) is 11.4 Å².